The molecule has 4 atom stereocenters. The van der Waals surface area contributed by atoms with E-state index in [0.29, 0.717) is 17.7 Å². The summed E-state index contributed by atoms with van der Waals surface area (Å²) in [6.45, 7) is 4.53. The molecular weight excluding hydrogens is 459 g/mol. The molecule has 1 aromatic rings. The van der Waals surface area contributed by atoms with Gasteiger partial charge in [0.1, 0.15) is 17.1 Å². The maximum absolute atomic E-state index is 6.28. The minimum Gasteiger partial charge on any atom is -0.384 e. The van der Waals surface area contributed by atoms with Gasteiger partial charge in [0.05, 0.1) is 22.3 Å². The molecule has 1 saturated carbocycles. The highest BCUT2D eigenvalue weighted by Crippen LogP contribution is 2.43. The van der Waals surface area contributed by atoms with Crippen LogP contribution in [0.5, 0.6) is 0 Å². The number of nitrogens with one attached hydrogen (secondary N) is 1. The lowest BCUT2D eigenvalue weighted by molar-refractivity contribution is -0.159. The fraction of sp³-hybridized carbons (Fsp3) is 0.750. The second-order valence-electron chi connectivity index (χ2n) is 7.14. The minimum atomic E-state index is -0.590. The second-order valence-corrected chi connectivity index (χ2v) is 8.57. The number of anilines is 2. The minimum absolute atomic E-state index is 0.00994. The van der Waals surface area contributed by atoms with Gasteiger partial charge in [-0.3, -0.25) is 0 Å². The van der Waals surface area contributed by atoms with Crippen LogP contribution < -0.4 is 10.2 Å². The topological polar surface area (TPSA) is 68.7 Å². The van der Waals surface area contributed by atoms with Gasteiger partial charge in [-0.2, -0.15) is 9.97 Å². The largest absolute Gasteiger partial charge is 0.384 e. The smallest absolute Gasteiger partial charge is 0.228 e. The van der Waals surface area contributed by atoms with Crippen LogP contribution in [0, 0.1) is 9.49 Å². The zero-order chi connectivity index (χ0) is 18.4. The van der Waals surface area contributed by atoms with Gasteiger partial charge < -0.3 is 24.4 Å². The van der Waals surface area contributed by atoms with Gasteiger partial charge in [-0.05, 0) is 42.9 Å². The predicted molar refractivity (Wildman–Crippen MR) is 105 cm³/mol. The van der Waals surface area contributed by atoms with E-state index in [2.05, 4.69) is 37.9 Å². The van der Waals surface area contributed by atoms with E-state index < -0.39 is 5.79 Å². The molecule has 0 radical (unpaired) electrons. The average molecular weight is 483 g/mol. The predicted octanol–water partition coefficient (Wildman–Crippen LogP) is 2.77. The summed E-state index contributed by atoms with van der Waals surface area (Å²) in [5, 5.41) is 3.95. The molecule has 0 spiro atoms. The van der Waals surface area contributed by atoms with Crippen molar-refractivity contribution in [2.24, 2.45) is 5.92 Å². The SMILES string of the molecule is COC[C@H]1CC(Nc2nc(N(C)C)nc(Cl)c2I)[C@@H]2OC(C)(C)O[C@H]12. The molecule has 0 amide bonds. The molecule has 0 aromatic carbocycles. The standard InChI is InChI=1S/C16H24ClIN4O3/c1-16(2)24-11-8(7-23-5)6-9(12(11)25-16)19-14-10(18)13(17)20-15(21-14)22(3)4/h8-9,11-12H,6-7H2,1-5H3,(H,19,20,21)/t8-,9?,11-,12+/m1/s1. The maximum atomic E-state index is 6.28. The number of nitrogens with zero attached hydrogens (tertiary/aromatic N) is 3. The van der Waals surface area contributed by atoms with Crippen LogP contribution in [0.15, 0.2) is 0 Å². The van der Waals surface area contributed by atoms with E-state index >= 15 is 0 Å². The van der Waals surface area contributed by atoms with E-state index in [0.717, 1.165) is 15.8 Å². The number of aromatic nitrogens is 2. The van der Waals surface area contributed by atoms with Crippen molar-refractivity contribution in [2.75, 3.05) is 38.0 Å². The van der Waals surface area contributed by atoms with Crippen LogP contribution in [0.3, 0.4) is 0 Å². The Hall–Kier alpha value is -0.420. The molecule has 1 N–H and O–H groups in total. The van der Waals surface area contributed by atoms with Crippen LogP contribution in [-0.4, -0.2) is 61.8 Å². The van der Waals surface area contributed by atoms with Crippen molar-refractivity contribution >= 4 is 46.0 Å². The third-order valence-electron chi connectivity index (χ3n) is 4.48. The molecule has 1 unspecified atom stereocenters. The van der Waals surface area contributed by atoms with Gasteiger partial charge in [0.2, 0.25) is 5.95 Å². The molecule has 2 heterocycles. The van der Waals surface area contributed by atoms with Crippen molar-refractivity contribution in [1.29, 1.82) is 0 Å². The molecule has 0 bridgehead atoms. The van der Waals surface area contributed by atoms with Gasteiger partial charge in [-0.25, -0.2) is 0 Å². The molecule has 1 aliphatic carbocycles. The summed E-state index contributed by atoms with van der Waals surface area (Å²) in [6.07, 6.45) is 0.840. The van der Waals surface area contributed by atoms with E-state index in [1.807, 2.05) is 32.8 Å². The summed E-state index contributed by atoms with van der Waals surface area (Å²) < 4.78 is 18.4. The number of rotatable bonds is 5. The Morgan fingerprint density at radius 2 is 2.00 bits per heavy atom. The van der Waals surface area contributed by atoms with E-state index in [-0.39, 0.29) is 24.2 Å². The van der Waals surface area contributed by atoms with Gasteiger partial charge in [0.25, 0.3) is 0 Å². The van der Waals surface area contributed by atoms with Gasteiger partial charge in [0.15, 0.2) is 5.79 Å². The lowest BCUT2D eigenvalue weighted by atomic mass is 10.1. The molecule has 7 nitrogen and oxygen atoms in total. The molecule has 25 heavy (non-hydrogen) atoms. The molecule has 1 saturated heterocycles. The summed E-state index contributed by atoms with van der Waals surface area (Å²) in [5.41, 5.74) is 0. The Kier molecular flexibility index (Phi) is 5.65. The number of methoxy groups -OCH3 is 1. The van der Waals surface area contributed by atoms with E-state index in [1.54, 1.807) is 7.11 Å². The van der Waals surface area contributed by atoms with E-state index in [4.69, 9.17) is 25.8 Å². The molecule has 1 aromatic heterocycles. The Morgan fingerprint density at radius 3 is 2.64 bits per heavy atom. The van der Waals surface area contributed by atoms with Crippen LogP contribution >= 0.6 is 34.2 Å². The number of hydrogen-bond acceptors (Lipinski definition) is 7. The summed E-state index contributed by atoms with van der Waals surface area (Å²) >= 11 is 8.45. The molecule has 140 valence electrons. The van der Waals surface area contributed by atoms with Crippen molar-refractivity contribution in [2.45, 2.75) is 44.3 Å². The summed E-state index contributed by atoms with van der Waals surface area (Å²) in [5.74, 6) is 0.976. The third kappa shape index (κ3) is 3.97. The highest BCUT2D eigenvalue weighted by molar-refractivity contribution is 14.1. The lowest BCUT2D eigenvalue weighted by Gasteiger charge is -2.25. The summed E-state index contributed by atoms with van der Waals surface area (Å²) in [7, 11) is 5.49. The van der Waals surface area contributed by atoms with Gasteiger partial charge in [0, 0.05) is 27.1 Å². The number of halogens is 2. The lowest BCUT2D eigenvalue weighted by Crippen LogP contribution is -2.35. The van der Waals surface area contributed by atoms with E-state index in [9.17, 15) is 0 Å². The number of fused-ring (bicyclic) bond motifs is 1. The first-order chi connectivity index (χ1) is 11.7. The molecular formula is C16H24ClIN4O3. The van der Waals surface area contributed by atoms with Gasteiger partial charge in [-0.1, -0.05) is 11.6 Å². The monoisotopic (exact) mass is 482 g/mol. The average Bonchev–Trinajstić information content (AvgIpc) is 2.99. The zero-order valence-corrected chi connectivity index (χ0v) is 18.0. The Bertz CT molecular complexity index is 646. The first-order valence-electron chi connectivity index (χ1n) is 8.23. The highest BCUT2D eigenvalue weighted by Gasteiger charge is 2.54. The van der Waals surface area contributed by atoms with Crippen molar-refractivity contribution in [1.82, 2.24) is 9.97 Å². The van der Waals surface area contributed by atoms with Crippen molar-refractivity contribution in [3.63, 3.8) is 0 Å². The second kappa shape index (κ2) is 7.30. The fourth-order valence-corrected chi connectivity index (χ4v) is 4.05. The maximum Gasteiger partial charge on any atom is 0.228 e. The van der Waals surface area contributed by atoms with Crippen molar-refractivity contribution < 1.29 is 14.2 Å². The summed E-state index contributed by atoms with van der Waals surface area (Å²) in [6, 6.07) is 0.0708. The van der Waals surface area contributed by atoms with Crippen LogP contribution in [0.1, 0.15) is 20.3 Å². The Morgan fingerprint density at radius 1 is 1.32 bits per heavy atom. The fourth-order valence-electron chi connectivity index (χ4n) is 3.49. The van der Waals surface area contributed by atoms with Crippen LogP contribution in [0.4, 0.5) is 11.8 Å². The van der Waals surface area contributed by atoms with Crippen molar-refractivity contribution in [3.05, 3.63) is 8.72 Å². The first kappa shape index (κ1) is 19.3. The van der Waals surface area contributed by atoms with Crippen LogP contribution in [0.2, 0.25) is 5.15 Å². The zero-order valence-electron chi connectivity index (χ0n) is 15.0. The normalized spacial score (nSPS) is 30.4. The first-order valence-corrected chi connectivity index (χ1v) is 9.69. The highest BCUT2D eigenvalue weighted by atomic mass is 127. The molecule has 3 rings (SSSR count). The number of hydrogen-bond donors (Lipinski definition) is 1. The van der Waals surface area contributed by atoms with E-state index in [1.165, 1.54) is 0 Å². The third-order valence-corrected chi connectivity index (χ3v) is 6.10. The quantitative estimate of drug-likeness (QED) is 0.511. The van der Waals surface area contributed by atoms with Crippen LogP contribution in [0.25, 0.3) is 0 Å². The molecule has 2 fully saturated rings. The van der Waals surface area contributed by atoms with Gasteiger partial charge >= 0.3 is 0 Å². The molecule has 1 aliphatic heterocycles. The van der Waals surface area contributed by atoms with Crippen LogP contribution in [-0.2, 0) is 14.2 Å². The Labute approximate surface area is 166 Å². The van der Waals surface area contributed by atoms with Gasteiger partial charge in [-0.15, -0.1) is 0 Å². The Balaban J connectivity index is 1.85. The number of ether oxygens (including phenoxy) is 3. The molecule has 2 aliphatic rings. The molecule has 9 heteroatoms. The summed E-state index contributed by atoms with van der Waals surface area (Å²) in [4.78, 5) is 10.7. The van der Waals surface area contributed by atoms with Crippen molar-refractivity contribution in [3.8, 4) is 0 Å².